The molecule has 0 aromatic heterocycles. The number of ether oxygens (including phenoxy) is 1. The Morgan fingerprint density at radius 3 is 2.69 bits per heavy atom. The second-order valence-electron chi connectivity index (χ2n) is 3.18. The number of allylic oxidation sites excluding steroid dienone is 1. The van der Waals surface area contributed by atoms with Crippen molar-refractivity contribution in [2.24, 2.45) is 5.73 Å². The highest BCUT2D eigenvalue weighted by atomic mass is 16.5. The second-order valence-corrected chi connectivity index (χ2v) is 3.18. The van der Waals surface area contributed by atoms with Crippen molar-refractivity contribution in [3.63, 3.8) is 0 Å². The van der Waals surface area contributed by atoms with Crippen molar-refractivity contribution in [2.45, 2.75) is 25.3 Å². The number of nitrogens with two attached hydrogens (primary N) is 1. The molecule has 0 radical (unpaired) electrons. The lowest BCUT2D eigenvalue weighted by molar-refractivity contribution is -0.146. The number of ketones is 1. The van der Waals surface area contributed by atoms with Crippen molar-refractivity contribution in [2.75, 3.05) is 7.11 Å². The van der Waals surface area contributed by atoms with Crippen LogP contribution >= 0.6 is 0 Å². The lowest BCUT2D eigenvalue weighted by Crippen LogP contribution is -2.50. The summed E-state index contributed by atoms with van der Waals surface area (Å²) in [6, 6.07) is 0. The first-order chi connectivity index (χ1) is 6.02. The Kier molecular flexibility index (Phi) is 2.52. The summed E-state index contributed by atoms with van der Waals surface area (Å²) in [7, 11) is 1.27. The predicted octanol–water partition coefficient (Wildman–Crippen LogP) is 0.166. The zero-order valence-corrected chi connectivity index (χ0v) is 7.79. The van der Waals surface area contributed by atoms with Crippen LogP contribution in [0.5, 0.6) is 0 Å². The molecule has 1 aliphatic rings. The molecule has 2 N–H and O–H groups in total. The van der Waals surface area contributed by atoms with Gasteiger partial charge in [-0.05, 0) is 19.8 Å². The van der Waals surface area contributed by atoms with Gasteiger partial charge >= 0.3 is 5.97 Å². The van der Waals surface area contributed by atoms with Crippen molar-refractivity contribution < 1.29 is 14.3 Å². The van der Waals surface area contributed by atoms with Gasteiger partial charge in [-0.2, -0.15) is 0 Å². The Bertz CT molecular complexity index is 283. The molecule has 4 nitrogen and oxygen atoms in total. The quantitative estimate of drug-likeness (QED) is 0.619. The summed E-state index contributed by atoms with van der Waals surface area (Å²) in [6.07, 6.45) is 2.81. The van der Waals surface area contributed by atoms with Gasteiger partial charge in [0, 0.05) is 5.57 Å². The van der Waals surface area contributed by atoms with Crippen LogP contribution in [0.4, 0.5) is 0 Å². The minimum atomic E-state index is -1.21. The summed E-state index contributed by atoms with van der Waals surface area (Å²) in [5, 5.41) is 0. The highest BCUT2D eigenvalue weighted by Crippen LogP contribution is 2.29. The first-order valence-corrected chi connectivity index (χ1v) is 4.11. The van der Waals surface area contributed by atoms with Crippen LogP contribution in [0.15, 0.2) is 11.6 Å². The molecule has 1 unspecified atom stereocenters. The molecule has 0 saturated carbocycles. The van der Waals surface area contributed by atoms with Crippen molar-refractivity contribution in [3.8, 4) is 0 Å². The minimum Gasteiger partial charge on any atom is -0.467 e. The summed E-state index contributed by atoms with van der Waals surface area (Å²) in [6.45, 7) is 1.40. The molecule has 0 aliphatic heterocycles. The molecule has 0 aromatic rings. The summed E-state index contributed by atoms with van der Waals surface area (Å²) >= 11 is 0. The fourth-order valence-corrected chi connectivity index (χ4v) is 1.61. The van der Waals surface area contributed by atoms with Gasteiger partial charge in [0.05, 0.1) is 7.11 Å². The SMILES string of the molecule is COC(=O)C1(N)CCC=C1C(C)=O. The maximum atomic E-state index is 11.3. The molecule has 0 spiro atoms. The van der Waals surface area contributed by atoms with Gasteiger partial charge in [-0.15, -0.1) is 0 Å². The van der Waals surface area contributed by atoms with E-state index in [1.807, 2.05) is 0 Å². The number of carbonyl (C=O) groups excluding carboxylic acids is 2. The number of rotatable bonds is 2. The summed E-state index contributed by atoms with van der Waals surface area (Å²) in [5.74, 6) is -0.697. The fraction of sp³-hybridized carbons (Fsp3) is 0.556. The maximum Gasteiger partial charge on any atom is 0.330 e. The summed E-state index contributed by atoms with van der Waals surface area (Å²) in [4.78, 5) is 22.4. The molecule has 13 heavy (non-hydrogen) atoms. The van der Waals surface area contributed by atoms with Gasteiger partial charge in [-0.25, -0.2) is 4.79 Å². The third-order valence-electron chi connectivity index (χ3n) is 2.30. The van der Waals surface area contributed by atoms with Gasteiger partial charge < -0.3 is 10.5 Å². The maximum absolute atomic E-state index is 11.3. The van der Waals surface area contributed by atoms with Crippen LogP contribution in [0.25, 0.3) is 0 Å². The Labute approximate surface area is 76.7 Å². The molecule has 0 bridgehead atoms. The van der Waals surface area contributed by atoms with Gasteiger partial charge in [0.15, 0.2) is 5.78 Å². The van der Waals surface area contributed by atoms with E-state index >= 15 is 0 Å². The Morgan fingerprint density at radius 1 is 1.62 bits per heavy atom. The molecule has 1 rings (SSSR count). The normalized spacial score (nSPS) is 26.8. The number of Topliss-reactive ketones (excluding diaryl/α,β-unsaturated/α-hetero) is 1. The van der Waals surface area contributed by atoms with E-state index in [1.54, 1.807) is 6.08 Å². The standard InChI is InChI=1S/C9H13NO3/c1-6(11)7-4-3-5-9(7,10)8(12)13-2/h4H,3,5,10H2,1-2H3. The lowest BCUT2D eigenvalue weighted by Gasteiger charge is -2.22. The van der Waals surface area contributed by atoms with Crippen LogP contribution in [-0.4, -0.2) is 24.4 Å². The first-order valence-electron chi connectivity index (χ1n) is 4.11. The van der Waals surface area contributed by atoms with E-state index in [1.165, 1.54) is 14.0 Å². The van der Waals surface area contributed by atoms with Gasteiger partial charge in [0.25, 0.3) is 0 Å². The topological polar surface area (TPSA) is 69.4 Å². The fourth-order valence-electron chi connectivity index (χ4n) is 1.61. The van der Waals surface area contributed by atoms with Crippen LogP contribution < -0.4 is 5.73 Å². The molecule has 0 amide bonds. The number of carbonyl (C=O) groups is 2. The molecule has 4 heteroatoms. The minimum absolute atomic E-state index is 0.162. The van der Waals surface area contributed by atoms with Crippen LogP contribution in [0.1, 0.15) is 19.8 Å². The first kappa shape index (κ1) is 9.92. The molecule has 1 aliphatic carbocycles. The highest BCUT2D eigenvalue weighted by molar-refractivity contribution is 6.04. The zero-order valence-electron chi connectivity index (χ0n) is 7.79. The smallest absolute Gasteiger partial charge is 0.330 e. The Hall–Kier alpha value is -1.16. The number of methoxy groups -OCH3 is 1. The third kappa shape index (κ3) is 1.49. The largest absolute Gasteiger partial charge is 0.467 e. The average Bonchev–Trinajstić information content (AvgIpc) is 2.47. The molecule has 0 heterocycles. The molecular weight excluding hydrogens is 170 g/mol. The number of esters is 1. The van der Waals surface area contributed by atoms with Gasteiger partial charge in [-0.1, -0.05) is 6.08 Å². The molecule has 0 aromatic carbocycles. The zero-order chi connectivity index (χ0) is 10.1. The van der Waals surface area contributed by atoms with Crippen molar-refractivity contribution >= 4 is 11.8 Å². The molecule has 1 atom stereocenters. The van der Waals surface area contributed by atoms with Crippen LogP contribution in [0, 0.1) is 0 Å². The molecule has 0 fully saturated rings. The van der Waals surface area contributed by atoms with Crippen molar-refractivity contribution in [3.05, 3.63) is 11.6 Å². The van der Waals surface area contributed by atoms with E-state index in [-0.39, 0.29) is 5.78 Å². The summed E-state index contributed by atoms with van der Waals surface area (Å²) in [5.41, 5.74) is 4.96. The number of hydrogen-bond acceptors (Lipinski definition) is 4. The monoisotopic (exact) mass is 183 g/mol. The third-order valence-corrected chi connectivity index (χ3v) is 2.30. The lowest BCUT2D eigenvalue weighted by atomic mass is 9.90. The van der Waals surface area contributed by atoms with Crippen LogP contribution in [0.3, 0.4) is 0 Å². The van der Waals surface area contributed by atoms with Gasteiger partial charge in [0.1, 0.15) is 5.54 Å². The van der Waals surface area contributed by atoms with Gasteiger partial charge in [0.2, 0.25) is 0 Å². The van der Waals surface area contributed by atoms with Crippen LogP contribution in [-0.2, 0) is 14.3 Å². The highest BCUT2D eigenvalue weighted by Gasteiger charge is 2.43. The molecule has 72 valence electrons. The molecule has 0 saturated heterocycles. The summed E-state index contributed by atoms with van der Waals surface area (Å²) < 4.78 is 4.56. The van der Waals surface area contributed by atoms with E-state index in [9.17, 15) is 9.59 Å². The predicted molar refractivity (Wildman–Crippen MR) is 46.9 cm³/mol. The average molecular weight is 183 g/mol. The van der Waals surface area contributed by atoms with Crippen LogP contribution in [0.2, 0.25) is 0 Å². The second kappa shape index (κ2) is 3.30. The van der Waals surface area contributed by atoms with E-state index in [4.69, 9.17) is 5.73 Å². The number of hydrogen-bond donors (Lipinski definition) is 1. The molecular formula is C9H13NO3. The van der Waals surface area contributed by atoms with E-state index in [0.29, 0.717) is 18.4 Å². The van der Waals surface area contributed by atoms with E-state index in [0.717, 1.165) is 0 Å². The van der Waals surface area contributed by atoms with E-state index in [2.05, 4.69) is 4.74 Å². The van der Waals surface area contributed by atoms with Gasteiger partial charge in [-0.3, -0.25) is 4.79 Å². The van der Waals surface area contributed by atoms with E-state index < -0.39 is 11.5 Å². The Morgan fingerprint density at radius 2 is 2.23 bits per heavy atom. The van der Waals surface area contributed by atoms with Crippen molar-refractivity contribution in [1.29, 1.82) is 0 Å². The Balaban J connectivity index is 2.98. The van der Waals surface area contributed by atoms with Crippen molar-refractivity contribution in [1.82, 2.24) is 0 Å².